The van der Waals surface area contributed by atoms with Crippen LogP contribution in [0.1, 0.15) is 23.7 Å². The maximum atomic E-state index is 11.7. The Kier molecular flexibility index (Phi) is 4.73. The molecule has 0 heterocycles. The van der Waals surface area contributed by atoms with Gasteiger partial charge in [-0.1, -0.05) is 18.7 Å². The minimum atomic E-state index is 0.0137. The fourth-order valence-corrected chi connectivity index (χ4v) is 1.29. The van der Waals surface area contributed by atoms with Crippen LogP contribution in [0.3, 0.4) is 0 Å². The number of hydrogen-bond donors (Lipinski definition) is 1. The minimum absolute atomic E-state index is 0.0137. The summed E-state index contributed by atoms with van der Waals surface area (Å²) < 4.78 is 5.50. The average Bonchev–Trinajstić information content (AvgIpc) is 2.27. The quantitative estimate of drug-likeness (QED) is 0.589. The van der Waals surface area contributed by atoms with E-state index in [-0.39, 0.29) is 5.78 Å². The predicted molar refractivity (Wildman–Crippen MR) is 64.8 cm³/mol. The van der Waals surface area contributed by atoms with Gasteiger partial charge in [-0.2, -0.15) is 0 Å². The predicted octanol–water partition coefficient (Wildman–Crippen LogP) is 2.17. The van der Waals surface area contributed by atoms with Crippen LogP contribution in [0.15, 0.2) is 36.4 Å². The first-order chi connectivity index (χ1) is 7.65. The fourth-order valence-electron chi connectivity index (χ4n) is 1.29. The average molecular weight is 219 g/mol. The number of ether oxygens (including phenoxy) is 1. The van der Waals surface area contributed by atoms with Crippen LogP contribution in [0.2, 0.25) is 0 Å². The largest absolute Gasteiger partial charge is 0.489 e. The van der Waals surface area contributed by atoms with E-state index in [0.29, 0.717) is 30.9 Å². The van der Waals surface area contributed by atoms with Crippen molar-refractivity contribution in [3.8, 4) is 5.75 Å². The topological polar surface area (TPSA) is 52.3 Å². The summed E-state index contributed by atoms with van der Waals surface area (Å²) in [5.74, 6) is 0.615. The van der Waals surface area contributed by atoms with Crippen LogP contribution in [0.5, 0.6) is 5.75 Å². The van der Waals surface area contributed by atoms with E-state index in [0.717, 1.165) is 5.57 Å². The Labute approximate surface area is 95.9 Å². The molecule has 1 aromatic rings. The molecule has 0 saturated heterocycles. The highest BCUT2D eigenvalue weighted by Crippen LogP contribution is 2.19. The second kappa shape index (κ2) is 6.08. The van der Waals surface area contributed by atoms with Gasteiger partial charge in [0.15, 0.2) is 5.78 Å². The van der Waals surface area contributed by atoms with Gasteiger partial charge in [0.1, 0.15) is 12.4 Å². The number of carbonyl (C=O) groups is 1. The Bertz CT molecular complexity index is 385. The van der Waals surface area contributed by atoms with Crippen molar-refractivity contribution < 1.29 is 9.53 Å². The number of benzene rings is 1. The van der Waals surface area contributed by atoms with Crippen LogP contribution in [0.4, 0.5) is 0 Å². The lowest BCUT2D eigenvalue weighted by Gasteiger charge is -2.10. The molecule has 1 rings (SSSR count). The number of carbonyl (C=O) groups excluding carboxylic acids is 1. The summed E-state index contributed by atoms with van der Waals surface area (Å²) in [5.41, 5.74) is 6.87. The Morgan fingerprint density at radius 1 is 1.44 bits per heavy atom. The first-order valence-electron chi connectivity index (χ1n) is 5.24. The summed E-state index contributed by atoms with van der Waals surface area (Å²) in [6.45, 7) is 6.41. The highest BCUT2D eigenvalue weighted by Gasteiger charge is 2.10. The zero-order valence-electron chi connectivity index (χ0n) is 9.53. The number of rotatable bonds is 6. The van der Waals surface area contributed by atoms with Crippen molar-refractivity contribution in [2.75, 3.05) is 13.2 Å². The van der Waals surface area contributed by atoms with Gasteiger partial charge in [-0.05, 0) is 31.2 Å². The molecule has 0 aliphatic heterocycles. The standard InChI is InChI=1S/C13H17NO2/c1-10(2)9-16-13-6-4-3-5-11(13)12(15)7-8-14/h3-6H,1,7-9,14H2,2H3. The molecule has 0 aliphatic rings. The third-order valence-electron chi connectivity index (χ3n) is 2.03. The molecule has 0 amide bonds. The second-order valence-electron chi connectivity index (χ2n) is 3.70. The summed E-state index contributed by atoms with van der Waals surface area (Å²) >= 11 is 0. The Morgan fingerprint density at radius 3 is 2.75 bits per heavy atom. The molecule has 0 aromatic heterocycles. The summed E-state index contributed by atoms with van der Waals surface area (Å²) in [4.78, 5) is 11.7. The maximum absolute atomic E-state index is 11.7. The number of nitrogens with two attached hydrogens (primary N) is 1. The maximum Gasteiger partial charge on any atom is 0.167 e. The normalized spacial score (nSPS) is 9.88. The summed E-state index contributed by atoms with van der Waals surface area (Å²) in [7, 11) is 0. The van der Waals surface area contributed by atoms with Crippen molar-refractivity contribution in [3.05, 3.63) is 42.0 Å². The van der Waals surface area contributed by atoms with E-state index in [2.05, 4.69) is 6.58 Å². The number of ketones is 1. The van der Waals surface area contributed by atoms with Crippen molar-refractivity contribution in [2.45, 2.75) is 13.3 Å². The van der Waals surface area contributed by atoms with E-state index in [1.54, 1.807) is 12.1 Å². The third-order valence-corrected chi connectivity index (χ3v) is 2.03. The smallest absolute Gasteiger partial charge is 0.167 e. The molecule has 86 valence electrons. The van der Waals surface area contributed by atoms with Crippen molar-refractivity contribution in [3.63, 3.8) is 0 Å². The lowest BCUT2D eigenvalue weighted by atomic mass is 10.1. The van der Waals surface area contributed by atoms with E-state index >= 15 is 0 Å². The summed E-state index contributed by atoms with van der Waals surface area (Å²) in [6, 6.07) is 7.20. The zero-order chi connectivity index (χ0) is 12.0. The van der Waals surface area contributed by atoms with Crippen molar-refractivity contribution in [1.82, 2.24) is 0 Å². The van der Waals surface area contributed by atoms with Crippen molar-refractivity contribution in [2.24, 2.45) is 5.73 Å². The van der Waals surface area contributed by atoms with E-state index < -0.39 is 0 Å². The Balaban J connectivity index is 2.82. The lowest BCUT2D eigenvalue weighted by molar-refractivity contribution is 0.0982. The van der Waals surface area contributed by atoms with Crippen molar-refractivity contribution >= 4 is 5.78 Å². The van der Waals surface area contributed by atoms with Gasteiger partial charge in [-0.15, -0.1) is 0 Å². The monoisotopic (exact) mass is 219 g/mol. The van der Waals surface area contributed by atoms with Gasteiger partial charge in [0.25, 0.3) is 0 Å². The number of Topliss-reactive ketones (excluding diaryl/α,β-unsaturated/α-hetero) is 1. The molecule has 0 atom stereocenters. The summed E-state index contributed by atoms with van der Waals surface area (Å²) in [6.07, 6.45) is 0.341. The molecule has 1 aromatic carbocycles. The molecule has 0 fully saturated rings. The fraction of sp³-hybridized carbons (Fsp3) is 0.308. The van der Waals surface area contributed by atoms with Crippen molar-refractivity contribution in [1.29, 1.82) is 0 Å². The van der Waals surface area contributed by atoms with Crippen LogP contribution in [0, 0.1) is 0 Å². The molecule has 0 spiro atoms. The van der Waals surface area contributed by atoms with Crippen LogP contribution >= 0.6 is 0 Å². The molecular weight excluding hydrogens is 202 g/mol. The first-order valence-corrected chi connectivity index (χ1v) is 5.24. The Morgan fingerprint density at radius 2 is 2.12 bits per heavy atom. The zero-order valence-corrected chi connectivity index (χ0v) is 9.53. The second-order valence-corrected chi connectivity index (χ2v) is 3.70. The SMILES string of the molecule is C=C(C)COc1ccccc1C(=O)CCN. The van der Waals surface area contributed by atoms with Gasteiger partial charge in [-0.25, -0.2) is 0 Å². The first kappa shape index (κ1) is 12.5. The van der Waals surface area contributed by atoms with Gasteiger partial charge >= 0.3 is 0 Å². The molecule has 16 heavy (non-hydrogen) atoms. The van der Waals surface area contributed by atoms with E-state index in [9.17, 15) is 4.79 Å². The van der Waals surface area contributed by atoms with E-state index in [1.807, 2.05) is 19.1 Å². The molecule has 3 nitrogen and oxygen atoms in total. The van der Waals surface area contributed by atoms with Gasteiger partial charge in [0.05, 0.1) is 5.56 Å². The molecule has 2 N–H and O–H groups in total. The highest BCUT2D eigenvalue weighted by molar-refractivity contribution is 5.98. The molecule has 0 saturated carbocycles. The molecule has 0 radical (unpaired) electrons. The van der Waals surface area contributed by atoms with Crippen LogP contribution in [-0.2, 0) is 0 Å². The van der Waals surface area contributed by atoms with Crippen LogP contribution in [0.25, 0.3) is 0 Å². The van der Waals surface area contributed by atoms with Gasteiger partial charge in [0, 0.05) is 6.42 Å². The molecule has 0 bridgehead atoms. The molecule has 0 unspecified atom stereocenters. The van der Waals surface area contributed by atoms with Gasteiger partial charge in [-0.3, -0.25) is 4.79 Å². The van der Waals surface area contributed by atoms with Crippen LogP contribution in [-0.4, -0.2) is 18.9 Å². The third kappa shape index (κ3) is 3.51. The molecular formula is C13H17NO2. The minimum Gasteiger partial charge on any atom is -0.489 e. The van der Waals surface area contributed by atoms with E-state index in [4.69, 9.17) is 10.5 Å². The van der Waals surface area contributed by atoms with E-state index in [1.165, 1.54) is 0 Å². The molecule has 0 aliphatic carbocycles. The van der Waals surface area contributed by atoms with Gasteiger partial charge < -0.3 is 10.5 Å². The number of para-hydroxylation sites is 1. The Hall–Kier alpha value is -1.61. The lowest BCUT2D eigenvalue weighted by Crippen LogP contribution is -2.10. The highest BCUT2D eigenvalue weighted by atomic mass is 16.5. The number of hydrogen-bond acceptors (Lipinski definition) is 3. The molecule has 3 heteroatoms. The summed E-state index contributed by atoms with van der Waals surface area (Å²) in [5, 5.41) is 0. The van der Waals surface area contributed by atoms with Gasteiger partial charge in [0.2, 0.25) is 0 Å². The van der Waals surface area contributed by atoms with Crippen LogP contribution < -0.4 is 10.5 Å².